The van der Waals surface area contributed by atoms with Crippen LogP contribution in [0.25, 0.3) is 10.1 Å². The summed E-state index contributed by atoms with van der Waals surface area (Å²) in [6.45, 7) is 25.9. The standard InChI is InChI=1S/C48H51BN2S/c1-28-12-18-38(31(4)22-28)51-39-27-36-35(47(8,9)20-21-48(36,10)11)26-37(39)49-43-40(24-30(3)25-41(43)51)50(33-16-14-32(15-17-33)46(5,6)7)44-34-23-29(2)13-19-42(34)52-45(44)49/h12-19,22-27H,20-21H2,1-11H3. The van der Waals surface area contributed by atoms with Gasteiger partial charge in [-0.1, -0.05) is 96.0 Å². The Hall–Kier alpha value is -4.28. The Morgan fingerprint density at radius 2 is 1.23 bits per heavy atom. The van der Waals surface area contributed by atoms with Gasteiger partial charge >= 0.3 is 0 Å². The van der Waals surface area contributed by atoms with E-state index < -0.39 is 0 Å². The average molecular weight is 699 g/mol. The summed E-state index contributed by atoms with van der Waals surface area (Å²) in [4.78, 5) is 5.24. The van der Waals surface area contributed by atoms with Crippen LogP contribution in [0.4, 0.5) is 34.1 Å². The number of thiophene rings is 1. The molecule has 5 aromatic carbocycles. The van der Waals surface area contributed by atoms with Crippen LogP contribution in [-0.4, -0.2) is 6.71 Å². The lowest BCUT2D eigenvalue weighted by molar-refractivity contribution is 0.332. The molecule has 1 aliphatic carbocycles. The van der Waals surface area contributed by atoms with Gasteiger partial charge < -0.3 is 9.80 Å². The van der Waals surface area contributed by atoms with Gasteiger partial charge in [-0.15, -0.1) is 11.3 Å². The lowest BCUT2D eigenvalue weighted by Gasteiger charge is -2.47. The molecule has 1 aromatic heterocycles. The zero-order valence-electron chi connectivity index (χ0n) is 32.9. The number of fused-ring (bicyclic) bond motifs is 7. The smallest absolute Gasteiger partial charge is 0.264 e. The van der Waals surface area contributed by atoms with Crippen LogP contribution in [0.2, 0.25) is 0 Å². The fourth-order valence-electron chi connectivity index (χ4n) is 9.49. The van der Waals surface area contributed by atoms with E-state index in [1.165, 1.54) is 112 Å². The van der Waals surface area contributed by atoms with Crippen molar-refractivity contribution in [3.63, 3.8) is 0 Å². The summed E-state index contributed by atoms with van der Waals surface area (Å²) in [5.41, 5.74) is 20.5. The number of anilines is 6. The van der Waals surface area contributed by atoms with Crippen LogP contribution in [0.15, 0.2) is 84.9 Å². The normalized spacial score (nSPS) is 16.8. The number of rotatable bonds is 2. The Kier molecular flexibility index (Phi) is 7.18. The SMILES string of the molecule is Cc1ccc(N2c3cc4c(cc3B3c5sc6ccc(C)cc6c5N(c5ccc(C(C)(C)C)cc5)c5cc(C)cc2c53)C(C)(C)CCC4(C)C)c(C)c1. The molecule has 0 radical (unpaired) electrons. The highest BCUT2D eigenvalue weighted by molar-refractivity contribution is 7.33. The van der Waals surface area contributed by atoms with Crippen LogP contribution < -0.4 is 25.5 Å². The molecule has 0 unspecified atom stereocenters. The van der Waals surface area contributed by atoms with Crippen LogP contribution in [-0.2, 0) is 16.2 Å². The summed E-state index contributed by atoms with van der Waals surface area (Å²) in [6.07, 6.45) is 2.39. The van der Waals surface area contributed by atoms with E-state index >= 15 is 0 Å². The maximum Gasteiger partial charge on any atom is 0.264 e. The predicted octanol–water partition coefficient (Wildman–Crippen LogP) is 11.9. The number of hydrogen-bond acceptors (Lipinski definition) is 3. The third-order valence-electron chi connectivity index (χ3n) is 12.5. The largest absolute Gasteiger partial charge is 0.311 e. The number of nitrogens with zero attached hydrogens (tertiary/aromatic N) is 2. The van der Waals surface area contributed by atoms with Crippen molar-refractivity contribution >= 4 is 78.0 Å². The second kappa shape index (κ2) is 11.1. The van der Waals surface area contributed by atoms with Crippen molar-refractivity contribution < 1.29 is 0 Å². The minimum absolute atomic E-state index is 0.0863. The predicted molar refractivity (Wildman–Crippen MR) is 229 cm³/mol. The quantitative estimate of drug-likeness (QED) is 0.166. The fourth-order valence-corrected chi connectivity index (χ4v) is 10.8. The van der Waals surface area contributed by atoms with Crippen molar-refractivity contribution in [1.82, 2.24) is 0 Å². The molecule has 0 spiro atoms. The maximum absolute atomic E-state index is 2.66. The van der Waals surface area contributed by atoms with Crippen LogP contribution in [0.1, 0.15) is 100 Å². The lowest BCUT2D eigenvalue weighted by Crippen LogP contribution is -2.61. The molecular weight excluding hydrogens is 647 g/mol. The Balaban J connectivity index is 1.42. The molecule has 0 fully saturated rings. The Bertz CT molecular complexity index is 2460. The molecule has 0 bridgehead atoms. The summed E-state index contributed by atoms with van der Waals surface area (Å²) in [6, 6.07) is 33.7. The molecule has 0 saturated carbocycles. The molecule has 9 rings (SSSR count). The van der Waals surface area contributed by atoms with Crippen LogP contribution in [0.5, 0.6) is 0 Å². The molecule has 3 aliphatic rings. The first-order chi connectivity index (χ1) is 24.5. The van der Waals surface area contributed by atoms with E-state index in [0.717, 1.165) is 0 Å². The summed E-state index contributed by atoms with van der Waals surface area (Å²) in [5, 5.41) is 1.35. The van der Waals surface area contributed by atoms with Gasteiger partial charge in [-0.05, 0) is 144 Å². The molecule has 0 atom stereocenters. The topological polar surface area (TPSA) is 6.48 Å². The Labute approximate surface area is 315 Å². The van der Waals surface area contributed by atoms with Crippen molar-refractivity contribution in [2.24, 2.45) is 0 Å². The average Bonchev–Trinajstić information content (AvgIpc) is 3.44. The molecule has 4 heteroatoms. The maximum atomic E-state index is 2.66. The first-order valence-electron chi connectivity index (χ1n) is 19.2. The summed E-state index contributed by atoms with van der Waals surface area (Å²) in [5.74, 6) is 0. The van der Waals surface area contributed by atoms with Gasteiger partial charge in [0.15, 0.2) is 0 Å². The second-order valence-corrected chi connectivity index (χ2v) is 19.5. The molecule has 6 aromatic rings. The fraction of sp³-hybridized carbons (Fsp3) is 0.333. The van der Waals surface area contributed by atoms with E-state index in [2.05, 4.69) is 171 Å². The highest BCUT2D eigenvalue weighted by Gasteiger charge is 2.48. The number of aryl methyl sites for hydroxylation is 4. The highest BCUT2D eigenvalue weighted by atomic mass is 32.1. The zero-order valence-corrected chi connectivity index (χ0v) is 33.7. The zero-order chi connectivity index (χ0) is 36.6. The molecule has 0 amide bonds. The van der Waals surface area contributed by atoms with Gasteiger partial charge in [-0.25, -0.2) is 0 Å². The van der Waals surface area contributed by atoms with Gasteiger partial charge in [0.1, 0.15) is 0 Å². The van der Waals surface area contributed by atoms with E-state index in [4.69, 9.17) is 0 Å². The molecule has 262 valence electrons. The van der Waals surface area contributed by atoms with Crippen molar-refractivity contribution in [3.8, 4) is 0 Å². The van der Waals surface area contributed by atoms with Gasteiger partial charge in [-0.3, -0.25) is 0 Å². The molecule has 52 heavy (non-hydrogen) atoms. The van der Waals surface area contributed by atoms with E-state index in [9.17, 15) is 0 Å². The number of hydrogen-bond donors (Lipinski definition) is 0. The van der Waals surface area contributed by atoms with Crippen LogP contribution in [0.3, 0.4) is 0 Å². The molecule has 2 aliphatic heterocycles. The third-order valence-corrected chi connectivity index (χ3v) is 13.7. The summed E-state index contributed by atoms with van der Waals surface area (Å²) >= 11 is 2.00. The van der Waals surface area contributed by atoms with Crippen molar-refractivity contribution in [2.45, 2.75) is 105 Å². The molecular formula is C48H51BN2S. The van der Waals surface area contributed by atoms with E-state index in [1.54, 1.807) is 0 Å². The van der Waals surface area contributed by atoms with E-state index in [0.29, 0.717) is 0 Å². The minimum Gasteiger partial charge on any atom is -0.311 e. The summed E-state index contributed by atoms with van der Waals surface area (Å²) in [7, 11) is 0. The minimum atomic E-state index is 0.0863. The summed E-state index contributed by atoms with van der Waals surface area (Å²) < 4.78 is 2.81. The van der Waals surface area contributed by atoms with Crippen molar-refractivity contribution in [3.05, 3.63) is 124 Å². The van der Waals surface area contributed by atoms with Crippen LogP contribution in [0, 0.1) is 27.7 Å². The molecule has 2 nitrogen and oxygen atoms in total. The van der Waals surface area contributed by atoms with Gasteiger partial charge in [0.25, 0.3) is 6.71 Å². The van der Waals surface area contributed by atoms with E-state index in [1.807, 2.05) is 11.3 Å². The monoisotopic (exact) mass is 698 g/mol. The highest BCUT2D eigenvalue weighted by Crippen LogP contribution is 2.52. The van der Waals surface area contributed by atoms with E-state index in [-0.39, 0.29) is 23.0 Å². The first kappa shape index (κ1) is 33.6. The Morgan fingerprint density at radius 1 is 0.615 bits per heavy atom. The second-order valence-electron chi connectivity index (χ2n) is 18.4. The first-order valence-corrected chi connectivity index (χ1v) is 20.0. The molecule has 3 heterocycles. The Morgan fingerprint density at radius 3 is 1.88 bits per heavy atom. The van der Waals surface area contributed by atoms with Gasteiger partial charge in [0, 0.05) is 43.3 Å². The third kappa shape index (κ3) is 4.89. The van der Waals surface area contributed by atoms with Crippen molar-refractivity contribution in [2.75, 3.05) is 9.80 Å². The number of benzene rings is 5. The van der Waals surface area contributed by atoms with Gasteiger partial charge in [-0.2, -0.15) is 0 Å². The molecule has 0 N–H and O–H groups in total. The molecule has 0 saturated heterocycles. The van der Waals surface area contributed by atoms with Crippen molar-refractivity contribution in [1.29, 1.82) is 0 Å². The van der Waals surface area contributed by atoms with Gasteiger partial charge in [0.2, 0.25) is 0 Å². The lowest BCUT2D eigenvalue weighted by atomic mass is 9.35. The van der Waals surface area contributed by atoms with Crippen LogP contribution >= 0.6 is 11.3 Å². The van der Waals surface area contributed by atoms with Gasteiger partial charge in [0.05, 0.1) is 5.69 Å².